The van der Waals surface area contributed by atoms with Crippen LogP contribution in [0, 0.1) is 13.8 Å². The highest BCUT2D eigenvalue weighted by Gasteiger charge is 2.31. The number of nitrogens with one attached hydrogen (secondary N) is 1. The van der Waals surface area contributed by atoms with Crippen molar-refractivity contribution in [3.8, 4) is 11.1 Å². The molecule has 1 aliphatic rings. The maximum Gasteiger partial charge on any atom is 0.254 e. The molecule has 0 amide bonds. The molecule has 0 radical (unpaired) electrons. The third-order valence-corrected chi connectivity index (χ3v) is 10.9. The average molecular weight is 573 g/mol. The first-order valence-corrected chi connectivity index (χ1v) is 15.9. The summed E-state index contributed by atoms with van der Waals surface area (Å²) in [5.74, 6) is 1.51. The Bertz CT molecular complexity index is 1960. The van der Waals surface area contributed by atoms with Crippen LogP contribution in [-0.2, 0) is 26.6 Å². The van der Waals surface area contributed by atoms with Gasteiger partial charge in [0.15, 0.2) is 5.65 Å². The molecule has 40 heavy (non-hydrogen) atoms. The first-order chi connectivity index (χ1) is 19.1. The van der Waals surface area contributed by atoms with Gasteiger partial charge >= 0.3 is 0 Å². The number of hydrogen-bond donors (Lipinski definition) is 1. The summed E-state index contributed by atoms with van der Waals surface area (Å²) in [6.45, 7) is 4.25. The van der Waals surface area contributed by atoms with Crippen molar-refractivity contribution in [3.63, 3.8) is 0 Å². The van der Waals surface area contributed by atoms with Crippen LogP contribution in [-0.4, -0.2) is 31.4 Å². The van der Waals surface area contributed by atoms with Crippen LogP contribution in [0.25, 0.3) is 22.3 Å². The van der Waals surface area contributed by atoms with Crippen LogP contribution in [0.4, 0.5) is 0 Å². The molecule has 1 saturated carbocycles. The number of sulfonamides is 2. The molecule has 2 aromatic heterocycles. The molecule has 2 heterocycles. The van der Waals surface area contributed by atoms with Crippen LogP contribution in [0.2, 0.25) is 0 Å². The molecule has 1 aliphatic carbocycles. The summed E-state index contributed by atoms with van der Waals surface area (Å²) in [6.07, 6.45) is 4.06. The molecule has 8 nitrogen and oxygen atoms in total. The number of rotatable bonds is 8. The summed E-state index contributed by atoms with van der Waals surface area (Å²) < 4.78 is 56.8. The van der Waals surface area contributed by atoms with E-state index in [0.717, 1.165) is 41.0 Å². The fourth-order valence-corrected chi connectivity index (χ4v) is 8.32. The smallest absolute Gasteiger partial charge is 0.254 e. The van der Waals surface area contributed by atoms with Gasteiger partial charge < -0.3 is 4.57 Å². The minimum atomic E-state index is -4.41. The highest BCUT2D eigenvalue weighted by molar-refractivity contribution is 8.04. The van der Waals surface area contributed by atoms with Gasteiger partial charge in [0.1, 0.15) is 11.3 Å². The standard InChI is InChI=1S/C30H28N4O4S2/c1-20-7-3-5-9-26(20)39(35,36)33-40(37,38)27-10-6-4-8-25(27)23-13-11-22(12-14-23)19-34-29(24-15-16-24)32-28-21(2)17-18-31-30(28)34/h3-14,17-18,24,33H,15-16,19H2,1-2H3. The van der Waals surface area contributed by atoms with Crippen molar-refractivity contribution in [3.05, 3.63) is 108 Å². The minimum absolute atomic E-state index is 0.0808. The van der Waals surface area contributed by atoms with Gasteiger partial charge in [-0.2, -0.15) is 0 Å². The van der Waals surface area contributed by atoms with E-state index < -0.39 is 20.0 Å². The molecule has 0 spiro atoms. The van der Waals surface area contributed by atoms with Crippen LogP contribution in [0.15, 0.2) is 94.9 Å². The van der Waals surface area contributed by atoms with E-state index in [9.17, 15) is 16.8 Å². The molecule has 10 heteroatoms. The monoisotopic (exact) mass is 572 g/mol. The van der Waals surface area contributed by atoms with E-state index in [0.29, 0.717) is 29.2 Å². The van der Waals surface area contributed by atoms with Crippen molar-refractivity contribution in [1.29, 1.82) is 0 Å². The second-order valence-electron chi connectivity index (χ2n) is 10.2. The minimum Gasteiger partial charge on any atom is -0.308 e. The molecule has 1 N–H and O–H groups in total. The van der Waals surface area contributed by atoms with Gasteiger partial charge in [-0.1, -0.05) is 60.7 Å². The normalized spacial score (nSPS) is 14.1. The zero-order valence-corrected chi connectivity index (χ0v) is 23.7. The third-order valence-electron chi connectivity index (χ3n) is 7.19. The lowest BCUT2D eigenvalue weighted by Gasteiger charge is -2.14. The SMILES string of the molecule is Cc1ccccc1S(=O)(=O)NS(=O)(=O)c1ccccc1-c1ccc(Cn2c(C3CC3)nc3c(C)ccnc32)cc1. The fourth-order valence-electron chi connectivity index (χ4n) is 4.97. The molecule has 0 bridgehead atoms. The summed E-state index contributed by atoms with van der Waals surface area (Å²) >= 11 is 0. The van der Waals surface area contributed by atoms with E-state index >= 15 is 0 Å². The number of aromatic nitrogens is 3. The first kappa shape index (κ1) is 26.4. The highest BCUT2D eigenvalue weighted by atomic mass is 32.3. The van der Waals surface area contributed by atoms with Gasteiger partial charge in [-0.25, -0.2) is 26.8 Å². The molecule has 0 saturated heterocycles. The van der Waals surface area contributed by atoms with Crippen LogP contribution in [0.5, 0.6) is 0 Å². The number of imidazole rings is 1. The summed E-state index contributed by atoms with van der Waals surface area (Å²) in [6, 6.07) is 22.2. The zero-order chi connectivity index (χ0) is 28.1. The van der Waals surface area contributed by atoms with E-state index in [1.807, 2.05) is 41.4 Å². The Hall–Kier alpha value is -3.86. The lowest BCUT2D eigenvalue weighted by atomic mass is 10.0. The number of hydrogen-bond acceptors (Lipinski definition) is 6. The number of nitrogens with zero attached hydrogens (tertiary/aromatic N) is 3. The van der Waals surface area contributed by atoms with Crippen molar-refractivity contribution in [2.24, 2.45) is 0 Å². The van der Waals surface area contributed by atoms with Crippen LogP contribution >= 0.6 is 0 Å². The lowest BCUT2D eigenvalue weighted by Crippen LogP contribution is -2.31. The molecule has 0 unspecified atom stereocenters. The van der Waals surface area contributed by atoms with Gasteiger partial charge in [0.05, 0.1) is 16.3 Å². The van der Waals surface area contributed by atoms with Gasteiger partial charge in [0.25, 0.3) is 20.0 Å². The number of benzene rings is 3. The predicted molar refractivity (Wildman–Crippen MR) is 154 cm³/mol. The molecule has 0 atom stereocenters. The van der Waals surface area contributed by atoms with Crippen molar-refractivity contribution >= 4 is 31.2 Å². The molecule has 3 aromatic carbocycles. The van der Waals surface area contributed by atoms with Gasteiger partial charge in [0.2, 0.25) is 0 Å². The van der Waals surface area contributed by atoms with Crippen molar-refractivity contribution in [1.82, 2.24) is 18.7 Å². The van der Waals surface area contributed by atoms with E-state index in [-0.39, 0.29) is 9.79 Å². The van der Waals surface area contributed by atoms with Crippen molar-refractivity contribution < 1.29 is 16.8 Å². The maximum atomic E-state index is 13.4. The van der Waals surface area contributed by atoms with Gasteiger partial charge in [-0.3, -0.25) is 0 Å². The molecular formula is C30H28N4O4S2. The van der Waals surface area contributed by atoms with Gasteiger partial charge in [-0.05, 0) is 67.1 Å². The van der Waals surface area contributed by atoms with E-state index in [2.05, 4.69) is 9.55 Å². The molecule has 6 rings (SSSR count). The predicted octanol–water partition coefficient (Wildman–Crippen LogP) is 5.31. The van der Waals surface area contributed by atoms with Gasteiger partial charge in [0, 0.05) is 17.7 Å². The number of fused-ring (bicyclic) bond motifs is 1. The number of aryl methyl sites for hydroxylation is 2. The summed E-state index contributed by atoms with van der Waals surface area (Å²) in [7, 11) is -8.72. The summed E-state index contributed by atoms with van der Waals surface area (Å²) in [5, 5.41) is 0. The molecule has 5 aromatic rings. The molecular weight excluding hydrogens is 544 g/mol. The lowest BCUT2D eigenvalue weighted by molar-refractivity contribution is 0.577. The Morgan fingerprint density at radius 1 is 0.800 bits per heavy atom. The zero-order valence-electron chi connectivity index (χ0n) is 22.1. The quantitative estimate of drug-likeness (QED) is 0.270. The second kappa shape index (κ2) is 9.96. The van der Waals surface area contributed by atoms with E-state index in [1.165, 1.54) is 12.1 Å². The van der Waals surface area contributed by atoms with E-state index in [4.69, 9.17) is 4.98 Å². The Morgan fingerprint density at radius 2 is 1.45 bits per heavy atom. The number of pyridine rings is 1. The Labute approximate surface area is 233 Å². The highest BCUT2D eigenvalue weighted by Crippen LogP contribution is 2.41. The van der Waals surface area contributed by atoms with Crippen molar-refractivity contribution in [2.45, 2.75) is 48.9 Å². The largest absolute Gasteiger partial charge is 0.308 e. The topological polar surface area (TPSA) is 111 Å². The maximum absolute atomic E-state index is 13.4. The fraction of sp³-hybridized carbons (Fsp3) is 0.200. The van der Waals surface area contributed by atoms with Crippen LogP contribution in [0.3, 0.4) is 0 Å². The Balaban J connectivity index is 1.31. The first-order valence-electron chi connectivity index (χ1n) is 13.0. The summed E-state index contributed by atoms with van der Waals surface area (Å²) in [4.78, 5) is 9.32. The Morgan fingerprint density at radius 3 is 2.15 bits per heavy atom. The molecule has 1 fully saturated rings. The van der Waals surface area contributed by atoms with Crippen LogP contribution < -0.4 is 4.13 Å². The summed E-state index contributed by atoms with van der Waals surface area (Å²) in [5.41, 5.74) is 5.42. The Kier molecular flexibility index (Phi) is 6.56. The van der Waals surface area contributed by atoms with E-state index in [1.54, 1.807) is 49.5 Å². The third kappa shape index (κ3) is 4.94. The molecule has 204 valence electrons. The van der Waals surface area contributed by atoms with Crippen molar-refractivity contribution in [2.75, 3.05) is 0 Å². The van der Waals surface area contributed by atoms with Crippen LogP contribution in [0.1, 0.15) is 41.3 Å². The molecule has 0 aliphatic heterocycles. The second-order valence-corrected chi connectivity index (χ2v) is 13.7. The average Bonchev–Trinajstić information content (AvgIpc) is 3.71. The van der Waals surface area contributed by atoms with Gasteiger partial charge in [-0.15, -0.1) is 4.13 Å².